The number of nitrogens with one attached hydrogen (secondary N) is 2. The highest BCUT2D eigenvalue weighted by molar-refractivity contribution is 8.00. The Bertz CT molecular complexity index is 839. The number of hydrogen-bond donors (Lipinski definition) is 2. The highest BCUT2D eigenvalue weighted by atomic mass is 32.2. The number of carbonyl (C=O) groups is 2. The minimum Gasteiger partial charge on any atom is -0.492 e. The van der Waals surface area contributed by atoms with Crippen LogP contribution in [0.2, 0.25) is 0 Å². The fourth-order valence-electron chi connectivity index (χ4n) is 3.14. The topological polar surface area (TPSA) is 67.4 Å². The third kappa shape index (κ3) is 6.80. The fraction of sp³-hybridized carbons (Fsp3) is 0.417. The van der Waals surface area contributed by atoms with E-state index in [1.807, 2.05) is 31.2 Å². The number of ether oxygens (including phenoxy) is 1. The Labute approximate surface area is 184 Å². The molecule has 0 aliphatic rings. The van der Waals surface area contributed by atoms with Gasteiger partial charge in [0, 0.05) is 5.69 Å². The molecular weight excluding hydrogens is 396 g/mol. The number of carbonyl (C=O) groups excluding carboxylic acids is 2. The first-order valence-electron chi connectivity index (χ1n) is 10.4. The Hall–Kier alpha value is -2.47. The number of thioether (sulfide) groups is 1. The lowest BCUT2D eigenvalue weighted by molar-refractivity contribution is -0.114. The first-order chi connectivity index (χ1) is 14.3. The second-order valence-corrected chi connectivity index (χ2v) is 8.62. The third-order valence-electron chi connectivity index (χ3n) is 4.56. The van der Waals surface area contributed by atoms with E-state index in [1.165, 1.54) is 11.8 Å². The summed E-state index contributed by atoms with van der Waals surface area (Å²) in [7, 11) is 0. The zero-order valence-corrected chi connectivity index (χ0v) is 19.3. The SMILES string of the molecule is CCOc1ccccc1NC(=O)CSCC(=O)Nc1c(C(C)C)cccc1C(C)C. The maximum Gasteiger partial charge on any atom is 0.234 e. The summed E-state index contributed by atoms with van der Waals surface area (Å²) in [4.78, 5) is 24.8. The number of hydrogen-bond acceptors (Lipinski definition) is 4. The summed E-state index contributed by atoms with van der Waals surface area (Å²) in [6, 6.07) is 13.5. The third-order valence-corrected chi connectivity index (χ3v) is 5.50. The van der Waals surface area contributed by atoms with Gasteiger partial charge in [0.05, 0.1) is 23.8 Å². The Morgan fingerprint density at radius 3 is 2.00 bits per heavy atom. The zero-order valence-electron chi connectivity index (χ0n) is 18.5. The minimum absolute atomic E-state index is 0.0995. The van der Waals surface area contributed by atoms with E-state index in [0.717, 1.165) is 16.8 Å². The summed E-state index contributed by atoms with van der Waals surface area (Å²) in [5, 5.41) is 5.93. The van der Waals surface area contributed by atoms with E-state index in [0.29, 0.717) is 29.9 Å². The molecule has 5 nitrogen and oxygen atoms in total. The summed E-state index contributed by atoms with van der Waals surface area (Å²) in [6.07, 6.45) is 0. The maximum atomic E-state index is 12.6. The summed E-state index contributed by atoms with van der Waals surface area (Å²) < 4.78 is 5.52. The van der Waals surface area contributed by atoms with Crippen molar-refractivity contribution in [2.45, 2.75) is 46.5 Å². The predicted octanol–water partition coefficient (Wildman–Crippen LogP) is 5.64. The van der Waals surface area contributed by atoms with Crippen molar-refractivity contribution in [1.29, 1.82) is 0 Å². The molecule has 0 atom stereocenters. The molecular formula is C24H32N2O3S. The van der Waals surface area contributed by atoms with Gasteiger partial charge in [-0.25, -0.2) is 0 Å². The van der Waals surface area contributed by atoms with Crippen LogP contribution in [0.1, 0.15) is 57.6 Å². The van der Waals surface area contributed by atoms with Crippen LogP contribution >= 0.6 is 11.8 Å². The number of rotatable bonds is 10. The number of para-hydroxylation sites is 3. The van der Waals surface area contributed by atoms with Crippen molar-refractivity contribution < 1.29 is 14.3 Å². The van der Waals surface area contributed by atoms with Gasteiger partial charge in [0.1, 0.15) is 5.75 Å². The van der Waals surface area contributed by atoms with Gasteiger partial charge in [-0.1, -0.05) is 58.0 Å². The molecule has 2 N–H and O–H groups in total. The average molecular weight is 429 g/mol. The summed E-state index contributed by atoms with van der Waals surface area (Å²) in [6.45, 7) is 10.9. The summed E-state index contributed by atoms with van der Waals surface area (Å²) in [5.74, 6) is 1.40. The predicted molar refractivity (Wildman–Crippen MR) is 127 cm³/mol. The van der Waals surface area contributed by atoms with Crippen LogP contribution in [0.25, 0.3) is 0 Å². The maximum absolute atomic E-state index is 12.6. The van der Waals surface area contributed by atoms with E-state index < -0.39 is 0 Å². The molecule has 0 saturated heterocycles. The van der Waals surface area contributed by atoms with Crippen molar-refractivity contribution in [3.05, 3.63) is 53.6 Å². The van der Waals surface area contributed by atoms with Crippen LogP contribution in [-0.2, 0) is 9.59 Å². The van der Waals surface area contributed by atoms with Gasteiger partial charge in [-0.3, -0.25) is 9.59 Å². The number of amides is 2. The summed E-state index contributed by atoms with van der Waals surface area (Å²) in [5.41, 5.74) is 3.81. The van der Waals surface area contributed by atoms with Gasteiger partial charge >= 0.3 is 0 Å². The Morgan fingerprint density at radius 2 is 1.43 bits per heavy atom. The molecule has 0 aliphatic carbocycles. The van der Waals surface area contributed by atoms with Crippen LogP contribution in [0.15, 0.2) is 42.5 Å². The molecule has 2 amide bonds. The Kier molecular flexibility index (Phi) is 9.24. The second-order valence-electron chi connectivity index (χ2n) is 7.64. The molecule has 6 heteroatoms. The number of benzene rings is 2. The first kappa shape index (κ1) is 23.8. The average Bonchev–Trinajstić information content (AvgIpc) is 2.69. The lowest BCUT2D eigenvalue weighted by atomic mass is 9.92. The highest BCUT2D eigenvalue weighted by Gasteiger charge is 2.16. The minimum atomic E-state index is -0.162. The monoisotopic (exact) mass is 428 g/mol. The van der Waals surface area contributed by atoms with Crippen molar-refractivity contribution >= 4 is 35.0 Å². The molecule has 30 heavy (non-hydrogen) atoms. The van der Waals surface area contributed by atoms with Crippen LogP contribution in [-0.4, -0.2) is 29.9 Å². The number of anilines is 2. The van der Waals surface area contributed by atoms with Gasteiger partial charge in [0.2, 0.25) is 11.8 Å². The zero-order chi connectivity index (χ0) is 22.1. The molecule has 0 radical (unpaired) electrons. The van der Waals surface area contributed by atoms with Gasteiger partial charge in [0.15, 0.2) is 0 Å². The molecule has 2 aromatic carbocycles. The molecule has 0 spiro atoms. The van der Waals surface area contributed by atoms with Crippen LogP contribution < -0.4 is 15.4 Å². The molecule has 0 bridgehead atoms. The van der Waals surface area contributed by atoms with Gasteiger partial charge in [-0.2, -0.15) is 0 Å². The molecule has 162 valence electrons. The van der Waals surface area contributed by atoms with E-state index in [9.17, 15) is 9.59 Å². The van der Waals surface area contributed by atoms with Crippen LogP contribution in [0.4, 0.5) is 11.4 Å². The first-order valence-corrected chi connectivity index (χ1v) is 11.5. The van der Waals surface area contributed by atoms with Crippen molar-refractivity contribution in [3.8, 4) is 5.75 Å². The second kappa shape index (κ2) is 11.6. The molecule has 0 fully saturated rings. The molecule has 0 heterocycles. The molecule has 0 unspecified atom stereocenters. The Balaban J connectivity index is 1.92. The van der Waals surface area contributed by atoms with Gasteiger partial charge in [-0.15, -0.1) is 11.8 Å². The lowest BCUT2D eigenvalue weighted by Gasteiger charge is -2.20. The molecule has 0 saturated carbocycles. The van der Waals surface area contributed by atoms with Crippen molar-refractivity contribution in [2.75, 3.05) is 28.7 Å². The van der Waals surface area contributed by atoms with E-state index >= 15 is 0 Å². The van der Waals surface area contributed by atoms with E-state index in [4.69, 9.17) is 4.74 Å². The molecule has 2 aromatic rings. The highest BCUT2D eigenvalue weighted by Crippen LogP contribution is 2.32. The fourth-order valence-corrected chi connectivity index (χ4v) is 3.76. The van der Waals surface area contributed by atoms with Crippen molar-refractivity contribution in [1.82, 2.24) is 0 Å². The van der Waals surface area contributed by atoms with Gasteiger partial charge in [0.25, 0.3) is 0 Å². The van der Waals surface area contributed by atoms with Gasteiger partial charge in [-0.05, 0) is 42.0 Å². The lowest BCUT2D eigenvalue weighted by Crippen LogP contribution is -2.20. The van der Waals surface area contributed by atoms with Crippen molar-refractivity contribution in [2.24, 2.45) is 0 Å². The van der Waals surface area contributed by atoms with Crippen LogP contribution in [0.3, 0.4) is 0 Å². The Morgan fingerprint density at radius 1 is 0.867 bits per heavy atom. The van der Waals surface area contributed by atoms with Crippen LogP contribution in [0.5, 0.6) is 5.75 Å². The largest absolute Gasteiger partial charge is 0.492 e. The van der Waals surface area contributed by atoms with E-state index in [-0.39, 0.29) is 23.3 Å². The molecule has 0 aromatic heterocycles. The van der Waals surface area contributed by atoms with Crippen molar-refractivity contribution in [3.63, 3.8) is 0 Å². The molecule has 2 rings (SSSR count). The molecule has 0 aliphatic heterocycles. The standard InChI is InChI=1S/C24H32N2O3S/c1-6-29-21-13-8-7-12-20(21)25-22(27)14-30-15-23(28)26-24-18(16(2)3)10-9-11-19(24)17(4)5/h7-13,16-17H,6,14-15H2,1-5H3,(H,25,27)(H,26,28). The summed E-state index contributed by atoms with van der Waals surface area (Å²) >= 11 is 1.29. The van der Waals surface area contributed by atoms with E-state index in [2.05, 4.69) is 50.5 Å². The van der Waals surface area contributed by atoms with E-state index in [1.54, 1.807) is 6.07 Å². The van der Waals surface area contributed by atoms with Crippen LogP contribution in [0, 0.1) is 0 Å². The normalized spacial score (nSPS) is 10.9. The quantitative estimate of drug-likeness (QED) is 0.514. The smallest absolute Gasteiger partial charge is 0.234 e. The van der Waals surface area contributed by atoms with Gasteiger partial charge < -0.3 is 15.4 Å².